The molecule has 29 heavy (non-hydrogen) atoms. The van der Waals surface area contributed by atoms with E-state index in [1.165, 1.54) is 6.42 Å². The summed E-state index contributed by atoms with van der Waals surface area (Å²) in [5.74, 6) is 0.959. The zero-order valence-corrected chi connectivity index (χ0v) is 18.2. The van der Waals surface area contributed by atoms with Crippen LogP contribution in [0, 0.1) is 12.3 Å². The molecule has 5 rings (SSSR count). The van der Waals surface area contributed by atoms with Gasteiger partial charge in [-0.15, -0.1) is 0 Å². The van der Waals surface area contributed by atoms with E-state index in [4.69, 9.17) is 21.3 Å². The van der Waals surface area contributed by atoms with Crippen LogP contribution in [0.15, 0.2) is 40.6 Å². The molecule has 152 valence electrons. The molecule has 0 aliphatic carbocycles. The van der Waals surface area contributed by atoms with Crippen LogP contribution in [-0.2, 0) is 4.74 Å². The van der Waals surface area contributed by atoms with E-state index in [1.54, 1.807) is 18.0 Å². The second-order valence-corrected chi connectivity index (χ2v) is 9.63. The van der Waals surface area contributed by atoms with Gasteiger partial charge in [-0.2, -0.15) is 0 Å². The molecule has 2 saturated heterocycles. The number of imidazole rings is 1. The number of fused-ring (bicyclic) bond motifs is 1. The third kappa shape index (κ3) is 3.49. The number of aromatic nitrogens is 4. The first kappa shape index (κ1) is 19.2. The molecule has 0 amide bonds. The number of pyridine rings is 1. The third-order valence-electron chi connectivity index (χ3n) is 6.12. The average molecular weight is 430 g/mol. The summed E-state index contributed by atoms with van der Waals surface area (Å²) in [5.41, 5.74) is 2.09. The van der Waals surface area contributed by atoms with Crippen molar-refractivity contribution in [2.45, 2.75) is 49.0 Å². The molecule has 2 fully saturated rings. The van der Waals surface area contributed by atoms with Crippen molar-refractivity contribution in [3.05, 3.63) is 41.6 Å². The minimum absolute atomic E-state index is 0.357. The smallest absolute Gasteiger partial charge is 0.211 e. The molecular weight excluding hydrogens is 406 g/mol. The summed E-state index contributed by atoms with van der Waals surface area (Å²) in [6.45, 7) is 7.00. The Morgan fingerprint density at radius 1 is 1.17 bits per heavy atom. The van der Waals surface area contributed by atoms with Crippen LogP contribution in [0.5, 0.6) is 0 Å². The van der Waals surface area contributed by atoms with Gasteiger partial charge >= 0.3 is 0 Å². The van der Waals surface area contributed by atoms with Gasteiger partial charge in [0.05, 0.1) is 28.3 Å². The Balaban J connectivity index is 1.40. The fourth-order valence-corrected chi connectivity index (χ4v) is 5.67. The zero-order valence-electron chi connectivity index (χ0n) is 16.6. The predicted octanol–water partition coefficient (Wildman–Crippen LogP) is 4.63. The number of aryl methyl sites for hydroxylation is 1. The standard InChI is InChI=1S/C21H24ClN5OS/c1-14-11-21(13-28-14)4-8-26(9-5-21)20-25-12-17(19-24-7-10-27(19)20)29-16-3-6-23-15(2)18(16)22/h3,6-7,10,12,14H,4-5,8-9,11,13H2,1-2H3/t14-/m0/s1. The topological polar surface area (TPSA) is 55.5 Å². The Bertz CT molecular complexity index is 1050. The van der Waals surface area contributed by atoms with Gasteiger partial charge in [-0.1, -0.05) is 23.4 Å². The van der Waals surface area contributed by atoms with Gasteiger partial charge in [0.1, 0.15) is 0 Å². The number of rotatable bonds is 3. The van der Waals surface area contributed by atoms with Crippen LogP contribution in [0.3, 0.4) is 0 Å². The maximum absolute atomic E-state index is 6.44. The van der Waals surface area contributed by atoms with Crippen LogP contribution < -0.4 is 4.90 Å². The zero-order chi connectivity index (χ0) is 20.0. The lowest BCUT2D eigenvalue weighted by molar-refractivity contribution is 0.0975. The molecule has 0 N–H and O–H groups in total. The fourth-order valence-electron chi connectivity index (χ4n) is 4.49. The van der Waals surface area contributed by atoms with Gasteiger partial charge < -0.3 is 9.64 Å². The van der Waals surface area contributed by atoms with E-state index in [9.17, 15) is 0 Å². The number of hydrogen-bond acceptors (Lipinski definition) is 6. The van der Waals surface area contributed by atoms with Crippen LogP contribution in [0.1, 0.15) is 31.9 Å². The van der Waals surface area contributed by atoms with E-state index in [-0.39, 0.29) is 0 Å². The number of piperidine rings is 1. The van der Waals surface area contributed by atoms with Crippen LogP contribution in [-0.4, -0.2) is 45.2 Å². The van der Waals surface area contributed by atoms with Crippen molar-refractivity contribution in [2.24, 2.45) is 5.41 Å². The van der Waals surface area contributed by atoms with E-state index in [1.807, 2.05) is 31.6 Å². The summed E-state index contributed by atoms with van der Waals surface area (Å²) in [4.78, 5) is 18.0. The molecule has 6 nitrogen and oxygen atoms in total. The van der Waals surface area contributed by atoms with Crippen LogP contribution >= 0.6 is 23.4 Å². The van der Waals surface area contributed by atoms with Gasteiger partial charge in [-0.05, 0) is 44.6 Å². The van der Waals surface area contributed by atoms with Gasteiger partial charge in [0.15, 0.2) is 5.65 Å². The molecule has 0 saturated carbocycles. The Morgan fingerprint density at radius 3 is 2.76 bits per heavy atom. The van der Waals surface area contributed by atoms with Crippen LogP contribution in [0.25, 0.3) is 5.65 Å². The Kier molecular flexibility index (Phi) is 4.92. The summed E-state index contributed by atoms with van der Waals surface area (Å²) in [6.07, 6.45) is 11.4. The van der Waals surface area contributed by atoms with Crippen molar-refractivity contribution >= 4 is 35.0 Å². The highest BCUT2D eigenvalue weighted by atomic mass is 35.5. The SMILES string of the molecule is Cc1nccc(Sc2cnc(N3CCC4(CC3)CO[C@@H](C)C4)n3ccnc23)c1Cl. The molecule has 5 heterocycles. The van der Waals surface area contributed by atoms with Gasteiger partial charge in [-0.3, -0.25) is 9.38 Å². The molecule has 1 spiro atoms. The molecule has 0 aromatic carbocycles. The van der Waals surface area contributed by atoms with Gasteiger partial charge in [0.25, 0.3) is 0 Å². The third-order valence-corrected chi connectivity index (χ3v) is 7.78. The Morgan fingerprint density at radius 2 is 2.00 bits per heavy atom. The maximum Gasteiger partial charge on any atom is 0.211 e. The van der Waals surface area contributed by atoms with Crippen molar-refractivity contribution in [3.63, 3.8) is 0 Å². The molecule has 3 aromatic rings. The molecule has 0 radical (unpaired) electrons. The molecule has 2 aliphatic rings. The van der Waals surface area contributed by atoms with E-state index in [0.29, 0.717) is 16.5 Å². The highest BCUT2D eigenvalue weighted by Crippen LogP contribution is 2.43. The number of hydrogen-bond donors (Lipinski definition) is 0. The van der Waals surface area contributed by atoms with E-state index in [0.717, 1.165) is 59.6 Å². The van der Waals surface area contributed by atoms with Crippen molar-refractivity contribution in [1.29, 1.82) is 0 Å². The summed E-state index contributed by atoms with van der Waals surface area (Å²) >= 11 is 8.02. The highest BCUT2D eigenvalue weighted by Gasteiger charge is 2.41. The van der Waals surface area contributed by atoms with E-state index in [2.05, 4.69) is 26.2 Å². The lowest BCUT2D eigenvalue weighted by Gasteiger charge is -2.39. The van der Waals surface area contributed by atoms with E-state index >= 15 is 0 Å². The van der Waals surface area contributed by atoms with Gasteiger partial charge in [0.2, 0.25) is 5.95 Å². The van der Waals surface area contributed by atoms with Crippen molar-refractivity contribution in [1.82, 2.24) is 19.4 Å². The quantitative estimate of drug-likeness (QED) is 0.604. The van der Waals surface area contributed by atoms with Crippen LogP contribution in [0.4, 0.5) is 5.95 Å². The largest absolute Gasteiger partial charge is 0.378 e. The molecule has 8 heteroatoms. The first-order valence-corrected chi connectivity index (χ1v) is 11.2. The van der Waals surface area contributed by atoms with Gasteiger partial charge in [-0.25, -0.2) is 9.97 Å². The predicted molar refractivity (Wildman–Crippen MR) is 115 cm³/mol. The monoisotopic (exact) mass is 429 g/mol. The van der Waals surface area contributed by atoms with E-state index < -0.39 is 0 Å². The number of anilines is 1. The fraction of sp³-hybridized carbons (Fsp3) is 0.476. The average Bonchev–Trinajstić information content (AvgIpc) is 3.34. The molecule has 1 atom stereocenters. The van der Waals surface area contributed by atoms with Crippen molar-refractivity contribution < 1.29 is 4.74 Å². The summed E-state index contributed by atoms with van der Waals surface area (Å²) < 4.78 is 7.96. The minimum atomic E-state index is 0.357. The van der Waals surface area contributed by atoms with Gasteiger partial charge in [0, 0.05) is 42.8 Å². The lowest BCUT2D eigenvalue weighted by atomic mass is 9.77. The second kappa shape index (κ2) is 7.45. The first-order chi connectivity index (χ1) is 14.0. The normalized spacial score (nSPS) is 21.3. The first-order valence-electron chi connectivity index (χ1n) is 10.0. The number of nitrogens with zero attached hydrogens (tertiary/aromatic N) is 5. The highest BCUT2D eigenvalue weighted by molar-refractivity contribution is 7.99. The van der Waals surface area contributed by atoms with Crippen LogP contribution in [0.2, 0.25) is 5.02 Å². The summed E-state index contributed by atoms with van der Waals surface area (Å²) in [5, 5.41) is 0.681. The molecular formula is C21H24ClN5OS. The number of halogens is 1. The summed E-state index contributed by atoms with van der Waals surface area (Å²) in [7, 11) is 0. The summed E-state index contributed by atoms with van der Waals surface area (Å²) in [6, 6.07) is 1.93. The Hall–Kier alpha value is -1.83. The molecule has 3 aromatic heterocycles. The minimum Gasteiger partial charge on any atom is -0.378 e. The number of ether oxygens (including phenoxy) is 1. The Labute approximate surface area is 179 Å². The molecule has 2 aliphatic heterocycles. The lowest BCUT2D eigenvalue weighted by Crippen LogP contribution is -2.41. The van der Waals surface area contributed by atoms with Crippen molar-refractivity contribution in [3.8, 4) is 0 Å². The van der Waals surface area contributed by atoms with Crippen molar-refractivity contribution in [2.75, 3.05) is 24.6 Å². The second-order valence-electron chi connectivity index (χ2n) is 8.17. The molecule has 0 unspecified atom stereocenters. The molecule has 0 bridgehead atoms. The maximum atomic E-state index is 6.44.